The molecule has 0 radical (unpaired) electrons. The molecule has 15 aliphatic heterocycles. The van der Waals surface area contributed by atoms with Crippen molar-refractivity contribution in [3.05, 3.63) is 0 Å². The maximum atomic E-state index is 12.3. The molecule has 21 N–H and O–H groups in total. The molecule has 15 heterocycles. The van der Waals surface area contributed by atoms with Crippen LogP contribution in [0.4, 0.5) is 0 Å². The highest BCUT2D eigenvalue weighted by atomic mass is 16.8. The van der Waals surface area contributed by atoms with Crippen LogP contribution in [0.1, 0.15) is 0 Å². The molecule has 15 fully saturated rings. The van der Waals surface area contributed by atoms with Gasteiger partial charge in [-0.1, -0.05) is 0 Å². The monoisotopic (exact) mass is 1440 g/mol. The minimum atomic E-state index is -2.05. The van der Waals surface area contributed by atoms with Crippen molar-refractivity contribution in [2.45, 2.75) is 215 Å². The lowest BCUT2D eigenvalue weighted by molar-refractivity contribution is -0.402. The molecule has 15 rings (SSSR count). The lowest BCUT2D eigenvalue weighted by Gasteiger charge is -2.51. The summed E-state index contributed by atoms with van der Waals surface area (Å²) in [6, 6.07) is 0. The number of hydrogen-bond acceptors (Lipinski definition) is 42. The Morgan fingerprint density at radius 3 is 0.378 bits per heavy atom. The summed E-state index contributed by atoms with van der Waals surface area (Å²) >= 11 is 0. The molecule has 42 heteroatoms. The van der Waals surface area contributed by atoms with Crippen LogP contribution < -0.4 is 0 Å². The van der Waals surface area contributed by atoms with Gasteiger partial charge < -0.3 is 207 Å². The van der Waals surface area contributed by atoms with Crippen molar-refractivity contribution in [3.8, 4) is 0 Å². The molecular formula is C56H98O42. The first-order valence-electron chi connectivity index (χ1n) is 32.2. The Morgan fingerprint density at radius 1 is 0.173 bits per heavy atom. The molecule has 42 nitrogen and oxygen atoms in total. The van der Waals surface area contributed by atoms with E-state index in [0.717, 1.165) is 0 Å². The van der Waals surface area contributed by atoms with Gasteiger partial charge in [0.25, 0.3) is 0 Å². The molecule has 0 aliphatic carbocycles. The molecule has 0 spiro atoms. The number of aliphatic hydroxyl groups is 21. The van der Waals surface area contributed by atoms with Gasteiger partial charge >= 0.3 is 0 Å². The van der Waals surface area contributed by atoms with E-state index in [2.05, 4.69) is 0 Å². The van der Waals surface area contributed by atoms with E-state index >= 15 is 0 Å². The highest BCUT2D eigenvalue weighted by Gasteiger charge is 2.61. The quantitative estimate of drug-likeness (QED) is 0.0346. The third-order valence-electron chi connectivity index (χ3n) is 17.4. The largest absolute Gasteiger partial charge is 0.394 e. The second-order valence-electron chi connectivity index (χ2n) is 23.6. The highest BCUT2D eigenvalue weighted by molar-refractivity contribution is 5.03. The zero-order valence-electron chi connectivity index (χ0n) is 53.0. The maximum Gasteiger partial charge on any atom is 0.187 e. The lowest BCUT2D eigenvalue weighted by Crippen LogP contribution is -2.69. The Kier molecular flexibility index (Phi) is 33.6. The Bertz CT molecular complexity index is 1800. The fourth-order valence-corrected chi connectivity index (χ4v) is 12.9. The van der Waals surface area contributed by atoms with Crippen LogP contribution in [0.5, 0.6) is 0 Å². The number of fused-ring (bicyclic) bond motifs is 7. The minimum Gasteiger partial charge on any atom is -0.394 e. The van der Waals surface area contributed by atoms with Crippen molar-refractivity contribution in [2.24, 2.45) is 0 Å². The fraction of sp³-hybridized carbons (Fsp3) is 1.00. The Morgan fingerprint density at radius 2 is 0.286 bits per heavy atom. The lowest BCUT2D eigenvalue weighted by atomic mass is 9.95. The molecule has 0 aromatic rings. The van der Waals surface area contributed by atoms with Crippen molar-refractivity contribution >= 4 is 0 Å². The van der Waals surface area contributed by atoms with E-state index < -0.39 is 354 Å². The number of aliphatic hydroxyl groups excluding tert-OH is 21. The van der Waals surface area contributed by atoms with E-state index in [9.17, 15) is 107 Å². The summed E-state index contributed by atoms with van der Waals surface area (Å²) in [5, 5.41) is 232. The second kappa shape index (κ2) is 40.2. The van der Waals surface area contributed by atoms with Gasteiger partial charge in [0, 0.05) is 0 Å². The molecule has 574 valence electrons. The van der Waals surface area contributed by atoms with E-state index in [0.29, 0.717) is 0 Å². The Labute approximate surface area is 559 Å². The van der Waals surface area contributed by atoms with E-state index in [-0.39, 0.29) is 0 Å². The summed E-state index contributed by atoms with van der Waals surface area (Å²) in [6.45, 7) is -16.1. The molecule has 0 amide bonds. The Balaban J connectivity index is 1.21. The van der Waals surface area contributed by atoms with Gasteiger partial charge in [-0.2, -0.15) is 0 Å². The van der Waals surface area contributed by atoms with Gasteiger partial charge in [-0.05, 0) is 0 Å². The summed E-state index contributed by atoms with van der Waals surface area (Å²) in [4.78, 5) is 0. The van der Waals surface area contributed by atoms with Gasteiger partial charge in [0.2, 0.25) is 0 Å². The summed E-state index contributed by atoms with van der Waals surface area (Å²) in [5.41, 5.74) is 0. The standard InChI is InChI=1S/C56H98O42/c57-1-8-78-43-29(71)36-22(15-64)85-50(43)92-37-23(16-65)86-52(44(30(37)72)79-9-2-58)94-39-25(18-67)88-54(46(32(39)74)81-11-4-60)96-41-27(20-69)90-56(48(34(41)76)83-13-6-62)98-42-28(21-70)91-55(49(35(42)77)84-14-7-63)97-40-26(19-68)89-53(47(33(40)75)82-12-5-61)95-38-24(17-66)87-51(93-36)45(31(38)73)80-10-3-59/h22-77H,1-21H2/t22-,23-,24-,25-,26-,27-,28-,29+,30+,31+,32+,33+,34+,35+,36-,37-,38-,39-,40-,41-,42-,43-,44-,45-,46-,47-,48-,49-,50-,51-,52-,53-,54-,55-,56-/m1/s1. The highest BCUT2D eigenvalue weighted by Crippen LogP contribution is 2.41. The van der Waals surface area contributed by atoms with Crippen molar-refractivity contribution in [2.75, 3.05) is 139 Å². The van der Waals surface area contributed by atoms with Crippen LogP contribution >= 0.6 is 0 Å². The van der Waals surface area contributed by atoms with Gasteiger partial charge in [0.05, 0.1) is 139 Å². The molecule has 14 bridgehead atoms. The van der Waals surface area contributed by atoms with Crippen molar-refractivity contribution < 1.29 is 207 Å². The van der Waals surface area contributed by atoms with Crippen molar-refractivity contribution in [1.82, 2.24) is 0 Å². The SMILES string of the molecule is OCCO[C@H]1[C@H]2O[C@H]3[C@H](O)[C@@H](OCCO)[C@@H](O[C@H]4[C@H](O)[C@@H](OCCO)[C@@H](O[C@H]5[C@H](O)[C@@H](OCCO)[C@@H](O[C@H]6[C@H](O)[C@@H](OCCO)[C@@H](O[C@H]7[C@H](O)[C@@H](OCCO)[C@@H](O[C@H]8[C@H](O)[C@@H](OCCO)[C@@H](O[C@@H]([C@@H]1O)[C@@H](CO)O2)O[C@@H]8CO)O[C@@H]7CO)O[C@@H]6CO)O[C@@H]5CO)O[C@@H]4CO)O[C@@H]3CO. The second-order valence-corrected chi connectivity index (χ2v) is 23.6. The fourth-order valence-electron chi connectivity index (χ4n) is 12.9. The molecular weight excluding hydrogens is 1340 g/mol. The van der Waals surface area contributed by atoms with Gasteiger partial charge in [0.15, 0.2) is 44.0 Å². The van der Waals surface area contributed by atoms with E-state index in [4.69, 9.17) is 99.5 Å². The topological polar surface area (TPSA) is 619 Å². The smallest absolute Gasteiger partial charge is 0.187 e. The summed E-state index contributed by atoms with van der Waals surface area (Å²) in [7, 11) is 0. The van der Waals surface area contributed by atoms with Crippen LogP contribution in [0.2, 0.25) is 0 Å². The zero-order chi connectivity index (χ0) is 70.9. The summed E-state index contributed by atoms with van der Waals surface area (Å²) in [5.74, 6) is 0. The van der Waals surface area contributed by atoms with Crippen LogP contribution in [0.25, 0.3) is 0 Å². The van der Waals surface area contributed by atoms with Gasteiger partial charge in [-0.25, -0.2) is 0 Å². The molecule has 0 aromatic carbocycles. The molecule has 15 aliphatic rings. The third kappa shape index (κ3) is 18.9. The number of rotatable bonds is 28. The minimum absolute atomic E-state index is 0.565. The van der Waals surface area contributed by atoms with Gasteiger partial charge in [0.1, 0.15) is 171 Å². The van der Waals surface area contributed by atoms with Crippen LogP contribution in [-0.4, -0.2) is 461 Å². The average Bonchev–Trinajstić information content (AvgIpc) is 0.773. The predicted octanol–water partition coefficient (Wildman–Crippen LogP) is -15.1. The van der Waals surface area contributed by atoms with Crippen molar-refractivity contribution in [3.63, 3.8) is 0 Å². The first-order chi connectivity index (χ1) is 47.4. The third-order valence-corrected chi connectivity index (χ3v) is 17.4. The van der Waals surface area contributed by atoms with E-state index in [1.807, 2.05) is 0 Å². The normalized spacial score (nSPS) is 46.1. The van der Waals surface area contributed by atoms with Crippen LogP contribution in [0.3, 0.4) is 0 Å². The summed E-state index contributed by atoms with van der Waals surface area (Å²) < 4.78 is 127. The summed E-state index contributed by atoms with van der Waals surface area (Å²) in [6.07, 6.45) is -65.5. The number of hydrogen-bond donors (Lipinski definition) is 21. The number of ether oxygens (including phenoxy) is 21. The molecule has 15 saturated heterocycles. The van der Waals surface area contributed by atoms with Crippen LogP contribution in [0.15, 0.2) is 0 Å². The Hall–Kier alpha value is -1.68. The molecule has 0 unspecified atom stereocenters. The van der Waals surface area contributed by atoms with Crippen LogP contribution in [-0.2, 0) is 99.5 Å². The van der Waals surface area contributed by atoms with Gasteiger partial charge in [-0.15, -0.1) is 0 Å². The molecule has 0 saturated carbocycles. The molecule has 35 atom stereocenters. The average molecular weight is 1440 g/mol. The zero-order valence-corrected chi connectivity index (χ0v) is 53.0. The van der Waals surface area contributed by atoms with Crippen LogP contribution in [0, 0.1) is 0 Å². The predicted molar refractivity (Wildman–Crippen MR) is 304 cm³/mol. The van der Waals surface area contributed by atoms with E-state index in [1.54, 1.807) is 0 Å². The maximum absolute atomic E-state index is 12.3. The first-order valence-corrected chi connectivity index (χ1v) is 32.2. The first kappa shape index (κ1) is 82.0. The van der Waals surface area contributed by atoms with E-state index in [1.165, 1.54) is 0 Å². The van der Waals surface area contributed by atoms with Crippen molar-refractivity contribution in [1.29, 1.82) is 0 Å². The van der Waals surface area contributed by atoms with Gasteiger partial charge in [-0.3, -0.25) is 0 Å². The molecule has 98 heavy (non-hydrogen) atoms. The molecule has 0 aromatic heterocycles.